The molecule has 0 amide bonds. The Kier molecular flexibility index (Phi) is 2.56. The molecule has 0 aliphatic rings. The van der Waals surface area contributed by atoms with E-state index in [9.17, 15) is 4.79 Å². The van der Waals surface area contributed by atoms with Crippen LogP contribution in [0.25, 0.3) is 16.6 Å². The van der Waals surface area contributed by atoms with Crippen molar-refractivity contribution in [2.45, 2.75) is 13.8 Å². The van der Waals surface area contributed by atoms with Gasteiger partial charge in [0.05, 0.1) is 16.6 Å². The molecule has 3 nitrogen and oxygen atoms in total. The van der Waals surface area contributed by atoms with Crippen LogP contribution in [0.15, 0.2) is 47.3 Å². The zero-order valence-electron chi connectivity index (χ0n) is 11.3. The van der Waals surface area contributed by atoms with Crippen molar-refractivity contribution < 1.29 is 0 Å². The molecule has 3 rings (SSSR count). The van der Waals surface area contributed by atoms with E-state index in [-0.39, 0.29) is 5.56 Å². The van der Waals surface area contributed by atoms with Crippen LogP contribution in [-0.2, 0) is 7.05 Å². The van der Waals surface area contributed by atoms with Crippen molar-refractivity contribution in [2.24, 2.45) is 7.05 Å². The number of aromatic nitrogens is 2. The summed E-state index contributed by atoms with van der Waals surface area (Å²) >= 11 is 0. The molecular formula is C16H16N2O. The minimum absolute atomic E-state index is 0.0325. The predicted molar refractivity (Wildman–Crippen MR) is 78.0 cm³/mol. The lowest BCUT2D eigenvalue weighted by atomic mass is 10.1. The second kappa shape index (κ2) is 4.12. The van der Waals surface area contributed by atoms with Gasteiger partial charge in [0.2, 0.25) is 0 Å². The van der Waals surface area contributed by atoms with Gasteiger partial charge in [-0.1, -0.05) is 29.8 Å². The molecule has 0 aliphatic carbocycles. The van der Waals surface area contributed by atoms with Gasteiger partial charge in [0.15, 0.2) is 0 Å². The molecule has 0 bridgehead atoms. The van der Waals surface area contributed by atoms with Gasteiger partial charge in [-0.15, -0.1) is 0 Å². The summed E-state index contributed by atoms with van der Waals surface area (Å²) in [5, 5.41) is 0.755. The molecular weight excluding hydrogens is 236 g/mol. The Balaban J connectivity index is 2.40. The molecule has 0 saturated carbocycles. The summed E-state index contributed by atoms with van der Waals surface area (Å²) in [6, 6.07) is 13.8. The quantitative estimate of drug-likeness (QED) is 0.654. The summed E-state index contributed by atoms with van der Waals surface area (Å²) < 4.78 is 3.65. The third-order valence-electron chi connectivity index (χ3n) is 3.56. The fraction of sp³-hybridized carbons (Fsp3) is 0.188. The summed E-state index contributed by atoms with van der Waals surface area (Å²) in [6.45, 7) is 4.09. The largest absolute Gasteiger partial charge is 0.280 e. The lowest BCUT2D eigenvalue weighted by molar-refractivity contribution is 0.663. The predicted octanol–water partition coefficient (Wildman–Crippen LogP) is 2.95. The van der Waals surface area contributed by atoms with E-state index in [0.29, 0.717) is 0 Å². The molecule has 3 heteroatoms. The van der Waals surface area contributed by atoms with Gasteiger partial charge in [-0.05, 0) is 37.6 Å². The second-order valence-corrected chi connectivity index (χ2v) is 4.95. The first-order valence-corrected chi connectivity index (χ1v) is 6.34. The average Bonchev–Trinajstić information content (AvgIpc) is 2.64. The highest BCUT2D eigenvalue weighted by atomic mass is 16.1. The Bertz CT molecular complexity index is 824. The molecule has 1 heterocycles. The molecule has 2 aromatic carbocycles. The molecule has 0 radical (unpaired) electrons. The number of para-hydroxylation sites is 1. The first-order chi connectivity index (χ1) is 9.09. The molecule has 0 spiro atoms. The SMILES string of the molecule is Cc1ccc(-n2c(=O)c3ccccc3n2C)c(C)c1. The molecule has 0 N–H and O–H groups in total. The van der Waals surface area contributed by atoms with Crippen molar-refractivity contribution in [2.75, 3.05) is 0 Å². The molecule has 3 aromatic rings. The zero-order valence-corrected chi connectivity index (χ0v) is 11.3. The normalized spacial score (nSPS) is 11.1. The van der Waals surface area contributed by atoms with Crippen LogP contribution in [0, 0.1) is 13.8 Å². The molecule has 0 atom stereocenters. The second-order valence-electron chi connectivity index (χ2n) is 4.95. The van der Waals surface area contributed by atoms with Gasteiger partial charge in [0.25, 0.3) is 5.56 Å². The fourth-order valence-corrected chi connectivity index (χ4v) is 2.61. The van der Waals surface area contributed by atoms with E-state index in [0.717, 1.165) is 22.2 Å². The molecule has 1 aromatic heterocycles. The van der Waals surface area contributed by atoms with E-state index in [2.05, 4.69) is 13.0 Å². The molecule has 0 unspecified atom stereocenters. The highest BCUT2D eigenvalue weighted by molar-refractivity contribution is 5.79. The number of nitrogens with zero attached hydrogens (tertiary/aromatic N) is 2. The van der Waals surface area contributed by atoms with Crippen LogP contribution >= 0.6 is 0 Å². The highest BCUT2D eigenvalue weighted by Gasteiger charge is 2.12. The van der Waals surface area contributed by atoms with E-state index >= 15 is 0 Å². The van der Waals surface area contributed by atoms with E-state index in [1.165, 1.54) is 5.56 Å². The van der Waals surface area contributed by atoms with Crippen LogP contribution < -0.4 is 5.56 Å². The van der Waals surface area contributed by atoms with Crippen molar-refractivity contribution in [3.8, 4) is 5.69 Å². The van der Waals surface area contributed by atoms with Crippen LogP contribution in [0.5, 0.6) is 0 Å². The van der Waals surface area contributed by atoms with Crippen molar-refractivity contribution in [1.29, 1.82) is 0 Å². The first kappa shape index (κ1) is 11.8. The minimum Gasteiger partial charge on any atom is -0.280 e. The Hall–Kier alpha value is -2.29. The molecule has 96 valence electrons. The van der Waals surface area contributed by atoms with Crippen molar-refractivity contribution >= 4 is 10.9 Å². The van der Waals surface area contributed by atoms with Gasteiger partial charge in [-0.25, -0.2) is 4.68 Å². The molecule has 0 aliphatic heterocycles. The summed E-state index contributed by atoms with van der Waals surface area (Å²) in [5.74, 6) is 0. The summed E-state index contributed by atoms with van der Waals surface area (Å²) in [6.07, 6.45) is 0. The van der Waals surface area contributed by atoms with Crippen molar-refractivity contribution in [3.63, 3.8) is 0 Å². The summed E-state index contributed by atoms with van der Waals surface area (Å²) in [7, 11) is 1.92. The summed E-state index contributed by atoms with van der Waals surface area (Å²) in [4.78, 5) is 12.5. The van der Waals surface area contributed by atoms with Gasteiger partial charge >= 0.3 is 0 Å². The topological polar surface area (TPSA) is 26.9 Å². The highest BCUT2D eigenvalue weighted by Crippen LogP contribution is 2.17. The maximum atomic E-state index is 12.5. The summed E-state index contributed by atoms with van der Waals surface area (Å²) in [5.41, 5.74) is 4.23. The third-order valence-corrected chi connectivity index (χ3v) is 3.56. The van der Waals surface area contributed by atoms with Crippen LogP contribution in [0.4, 0.5) is 0 Å². The van der Waals surface area contributed by atoms with Crippen LogP contribution in [-0.4, -0.2) is 9.36 Å². The van der Waals surface area contributed by atoms with Gasteiger partial charge in [0, 0.05) is 7.05 Å². The van der Waals surface area contributed by atoms with E-state index in [1.54, 1.807) is 4.68 Å². The standard InChI is InChI=1S/C16H16N2O/c1-11-8-9-14(12(2)10-11)18-16(19)13-6-4-5-7-15(13)17(18)3/h4-10H,1-3H3. The number of benzene rings is 2. The Labute approximate surface area is 111 Å². The number of hydrogen-bond acceptors (Lipinski definition) is 1. The number of aryl methyl sites for hydroxylation is 3. The fourth-order valence-electron chi connectivity index (χ4n) is 2.61. The molecule has 0 fully saturated rings. The number of hydrogen-bond donors (Lipinski definition) is 0. The smallest absolute Gasteiger partial charge is 0.279 e. The van der Waals surface area contributed by atoms with Crippen molar-refractivity contribution in [1.82, 2.24) is 9.36 Å². The van der Waals surface area contributed by atoms with Crippen LogP contribution in [0.2, 0.25) is 0 Å². The Morgan fingerprint density at radius 1 is 1.00 bits per heavy atom. The van der Waals surface area contributed by atoms with Gasteiger partial charge in [-0.2, -0.15) is 0 Å². The lowest BCUT2D eigenvalue weighted by Gasteiger charge is -2.11. The molecule has 19 heavy (non-hydrogen) atoms. The lowest BCUT2D eigenvalue weighted by Crippen LogP contribution is -2.20. The van der Waals surface area contributed by atoms with Crippen LogP contribution in [0.1, 0.15) is 11.1 Å². The Morgan fingerprint density at radius 2 is 1.74 bits per heavy atom. The van der Waals surface area contributed by atoms with Gasteiger partial charge in [-0.3, -0.25) is 9.48 Å². The third kappa shape index (κ3) is 1.70. The number of rotatable bonds is 1. The van der Waals surface area contributed by atoms with Crippen LogP contribution in [0.3, 0.4) is 0 Å². The zero-order chi connectivity index (χ0) is 13.6. The maximum absolute atomic E-state index is 12.5. The monoisotopic (exact) mass is 252 g/mol. The van der Waals surface area contributed by atoms with Gasteiger partial charge < -0.3 is 0 Å². The minimum atomic E-state index is 0.0325. The van der Waals surface area contributed by atoms with Gasteiger partial charge in [0.1, 0.15) is 0 Å². The van der Waals surface area contributed by atoms with E-state index in [4.69, 9.17) is 0 Å². The Morgan fingerprint density at radius 3 is 2.42 bits per heavy atom. The van der Waals surface area contributed by atoms with E-state index in [1.807, 2.05) is 55.1 Å². The maximum Gasteiger partial charge on any atom is 0.279 e. The average molecular weight is 252 g/mol. The number of fused-ring (bicyclic) bond motifs is 1. The molecule has 0 saturated heterocycles. The van der Waals surface area contributed by atoms with E-state index < -0.39 is 0 Å². The van der Waals surface area contributed by atoms with Crippen molar-refractivity contribution in [3.05, 3.63) is 63.9 Å². The first-order valence-electron chi connectivity index (χ1n) is 6.34.